The molecule has 0 radical (unpaired) electrons. The molecule has 0 spiro atoms. The number of carbonyl (C=O) groups is 1. The van der Waals surface area contributed by atoms with Crippen molar-refractivity contribution in [3.63, 3.8) is 0 Å². The van der Waals surface area contributed by atoms with Crippen molar-refractivity contribution in [2.24, 2.45) is 0 Å². The van der Waals surface area contributed by atoms with Crippen molar-refractivity contribution < 1.29 is 17.9 Å². The minimum absolute atomic E-state index is 0.0417. The summed E-state index contributed by atoms with van der Waals surface area (Å²) in [7, 11) is -2.31. The van der Waals surface area contributed by atoms with Gasteiger partial charge in [-0.3, -0.25) is 4.79 Å². The summed E-state index contributed by atoms with van der Waals surface area (Å²) in [6.45, 7) is 4.96. The van der Waals surface area contributed by atoms with Gasteiger partial charge >= 0.3 is 0 Å². The van der Waals surface area contributed by atoms with Crippen molar-refractivity contribution >= 4 is 21.6 Å². The molecule has 6 nitrogen and oxygen atoms in total. The van der Waals surface area contributed by atoms with Gasteiger partial charge < -0.3 is 10.1 Å². The van der Waals surface area contributed by atoms with Crippen LogP contribution in [0.3, 0.4) is 0 Å². The van der Waals surface area contributed by atoms with E-state index in [9.17, 15) is 13.2 Å². The fourth-order valence-corrected chi connectivity index (χ4v) is 5.53. The molecule has 1 fully saturated rings. The van der Waals surface area contributed by atoms with Crippen LogP contribution in [-0.2, 0) is 16.4 Å². The average molecular weight is 431 g/mol. The Kier molecular flexibility index (Phi) is 7.15. The third kappa shape index (κ3) is 4.68. The molecule has 0 bridgehead atoms. The molecular formula is C23H30N2O4S. The lowest BCUT2D eigenvalue weighted by Crippen LogP contribution is -2.32. The number of para-hydroxylation sites is 1. The number of nitrogens with zero attached hydrogens (tertiary/aromatic N) is 1. The summed E-state index contributed by atoms with van der Waals surface area (Å²) < 4.78 is 33.5. The number of ether oxygens (including phenoxy) is 1. The second-order valence-electron chi connectivity index (χ2n) is 7.60. The third-order valence-corrected chi connectivity index (χ3v) is 7.51. The Balaban J connectivity index is 1.95. The van der Waals surface area contributed by atoms with E-state index in [1.54, 1.807) is 12.1 Å². The molecule has 1 aliphatic rings. The first kappa shape index (κ1) is 22.3. The molecule has 3 rings (SSSR count). The SMILES string of the molecule is CCc1cccc(C)c1NC(=O)c1ccc(OC)c(S(=O)(=O)N2CCCCCC2)c1. The van der Waals surface area contributed by atoms with Crippen molar-refractivity contribution in [3.05, 3.63) is 53.1 Å². The predicted molar refractivity (Wildman–Crippen MR) is 119 cm³/mol. The van der Waals surface area contributed by atoms with Gasteiger partial charge in [0.1, 0.15) is 10.6 Å². The highest BCUT2D eigenvalue weighted by molar-refractivity contribution is 7.89. The van der Waals surface area contributed by atoms with Crippen LogP contribution in [0.5, 0.6) is 5.75 Å². The summed E-state index contributed by atoms with van der Waals surface area (Å²) in [5.74, 6) is -0.0881. The number of hydrogen-bond donors (Lipinski definition) is 1. The molecule has 2 aromatic rings. The highest BCUT2D eigenvalue weighted by Gasteiger charge is 2.29. The van der Waals surface area contributed by atoms with Crippen LogP contribution >= 0.6 is 0 Å². The van der Waals surface area contributed by atoms with E-state index in [1.807, 2.05) is 32.0 Å². The first-order chi connectivity index (χ1) is 14.4. The van der Waals surface area contributed by atoms with Crippen molar-refractivity contribution in [1.82, 2.24) is 4.31 Å². The summed E-state index contributed by atoms with van der Waals surface area (Å²) in [6.07, 6.45) is 4.53. The van der Waals surface area contributed by atoms with Crippen molar-refractivity contribution in [2.75, 3.05) is 25.5 Å². The van der Waals surface area contributed by atoms with Crippen LogP contribution in [0.2, 0.25) is 0 Å². The quantitative estimate of drug-likeness (QED) is 0.738. The maximum absolute atomic E-state index is 13.3. The molecule has 0 aliphatic carbocycles. The summed E-state index contributed by atoms with van der Waals surface area (Å²) in [4.78, 5) is 13.0. The molecule has 1 N–H and O–H groups in total. The lowest BCUT2D eigenvalue weighted by atomic mass is 10.1. The van der Waals surface area contributed by atoms with Gasteiger partial charge in [-0.05, 0) is 55.5 Å². The van der Waals surface area contributed by atoms with Crippen molar-refractivity contribution in [2.45, 2.75) is 50.8 Å². The normalized spacial score (nSPS) is 15.4. The maximum atomic E-state index is 13.3. The van der Waals surface area contributed by atoms with E-state index in [-0.39, 0.29) is 22.1 Å². The average Bonchev–Trinajstić information content (AvgIpc) is 3.04. The number of benzene rings is 2. The third-order valence-electron chi connectivity index (χ3n) is 5.59. The molecule has 1 saturated heterocycles. The molecule has 1 amide bonds. The van der Waals surface area contributed by atoms with Crippen molar-refractivity contribution in [1.29, 1.82) is 0 Å². The number of sulfonamides is 1. The first-order valence-corrected chi connectivity index (χ1v) is 11.9. The van der Waals surface area contributed by atoms with Crippen LogP contribution in [-0.4, -0.2) is 38.8 Å². The van der Waals surface area contributed by atoms with E-state index in [4.69, 9.17) is 4.74 Å². The molecule has 2 aromatic carbocycles. The van der Waals surface area contributed by atoms with Gasteiger partial charge in [0, 0.05) is 24.3 Å². The van der Waals surface area contributed by atoms with Crippen LogP contribution in [0.4, 0.5) is 5.69 Å². The number of nitrogens with one attached hydrogen (secondary N) is 1. The number of rotatable bonds is 6. The fourth-order valence-electron chi connectivity index (χ4n) is 3.83. The number of hydrogen-bond acceptors (Lipinski definition) is 4. The van der Waals surface area contributed by atoms with Gasteiger partial charge in [0.15, 0.2) is 0 Å². The van der Waals surface area contributed by atoms with Crippen LogP contribution in [0, 0.1) is 6.92 Å². The molecule has 0 atom stereocenters. The Morgan fingerprint density at radius 3 is 2.43 bits per heavy atom. The summed E-state index contributed by atoms with van der Waals surface area (Å²) >= 11 is 0. The second-order valence-corrected chi connectivity index (χ2v) is 9.51. The number of carbonyl (C=O) groups excluding carboxylic acids is 1. The highest BCUT2D eigenvalue weighted by Crippen LogP contribution is 2.30. The van der Waals surface area contributed by atoms with E-state index >= 15 is 0 Å². The van der Waals surface area contributed by atoms with Gasteiger partial charge in [-0.2, -0.15) is 4.31 Å². The number of amides is 1. The van der Waals surface area contributed by atoms with Crippen LogP contribution in [0.15, 0.2) is 41.3 Å². The molecule has 0 aromatic heterocycles. The van der Waals surface area contributed by atoms with E-state index < -0.39 is 10.0 Å². The number of aryl methyl sites for hydroxylation is 2. The minimum atomic E-state index is -3.75. The van der Waals surface area contributed by atoms with Crippen molar-refractivity contribution in [3.8, 4) is 5.75 Å². The number of anilines is 1. The Morgan fingerprint density at radius 1 is 1.10 bits per heavy atom. The smallest absolute Gasteiger partial charge is 0.255 e. The highest BCUT2D eigenvalue weighted by atomic mass is 32.2. The Hall–Kier alpha value is -2.38. The zero-order valence-electron chi connectivity index (χ0n) is 17.9. The van der Waals surface area contributed by atoms with E-state index in [1.165, 1.54) is 17.5 Å². The van der Waals surface area contributed by atoms with Gasteiger partial charge in [-0.15, -0.1) is 0 Å². The van der Waals surface area contributed by atoms with E-state index in [2.05, 4.69) is 5.32 Å². The van der Waals surface area contributed by atoms with Crippen LogP contribution < -0.4 is 10.1 Å². The molecule has 0 saturated carbocycles. The van der Waals surface area contributed by atoms with Gasteiger partial charge in [0.25, 0.3) is 5.91 Å². The van der Waals surface area contributed by atoms with Crippen LogP contribution in [0.1, 0.15) is 54.1 Å². The lowest BCUT2D eigenvalue weighted by molar-refractivity contribution is 0.102. The van der Waals surface area contributed by atoms with E-state index in [0.717, 1.165) is 48.9 Å². The molecule has 7 heteroatoms. The summed E-state index contributed by atoms with van der Waals surface area (Å²) in [5, 5.41) is 2.96. The molecule has 0 unspecified atom stereocenters. The minimum Gasteiger partial charge on any atom is -0.495 e. The van der Waals surface area contributed by atoms with Gasteiger partial charge in [0.2, 0.25) is 10.0 Å². The standard InChI is InChI=1S/C23H30N2O4S/c1-4-18-11-9-10-17(2)22(18)24-23(26)19-12-13-20(29-3)21(16-19)30(27,28)25-14-7-5-6-8-15-25/h9-13,16H,4-8,14-15H2,1-3H3,(H,24,26). The zero-order chi connectivity index (χ0) is 21.7. The van der Waals surface area contributed by atoms with E-state index in [0.29, 0.717) is 13.1 Å². The summed E-state index contributed by atoms with van der Waals surface area (Å²) in [5.41, 5.74) is 3.06. The molecule has 1 heterocycles. The molecule has 1 aliphatic heterocycles. The lowest BCUT2D eigenvalue weighted by Gasteiger charge is -2.22. The fraction of sp³-hybridized carbons (Fsp3) is 0.435. The van der Waals surface area contributed by atoms with Gasteiger partial charge in [-0.25, -0.2) is 8.42 Å². The Morgan fingerprint density at radius 2 is 1.80 bits per heavy atom. The van der Waals surface area contributed by atoms with Crippen LogP contribution in [0.25, 0.3) is 0 Å². The van der Waals surface area contributed by atoms with Gasteiger partial charge in [0.05, 0.1) is 7.11 Å². The summed E-state index contributed by atoms with van der Waals surface area (Å²) in [6, 6.07) is 10.5. The largest absolute Gasteiger partial charge is 0.495 e. The molecule has 30 heavy (non-hydrogen) atoms. The maximum Gasteiger partial charge on any atom is 0.255 e. The monoisotopic (exact) mass is 430 g/mol. The number of methoxy groups -OCH3 is 1. The van der Waals surface area contributed by atoms with Gasteiger partial charge in [-0.1, -0.05) is 38.0 Å². The second kappa shape index (κ2) is 9.62. The predicted octanol–water partition coefficient (Wildman–Crippen LogP) is 4.38. The Labute approximate surface area is 179 Å². The molecular weight excluding hydrogens is 400 g/mol. The zero-order valence-corrected chi connectivity index (χ0v) is 18.7. The topological polar surface area (TPSA) is 75.7 Å². The first-order valence-electron chi connectivity index (χ1n) is 10.5. The Bertz CT molecular complexity index is 1010. The molecule has 162 valence electrons.